The number of nitrogens with zero attached hydrogens (tertiary/aromatic N) is 1. The Morgan fingerprint density at radius 1 is 1.14 bits per heavy atom. The molecule has 1 unspecified atom stereocenters. The quantitative estimate of drug-likeness (QED) is 0.278. The number of thioether (sulfide) groups is 1. The smallest absolute Gasteiger partial charge is 0.271 e. The Morgan fingerprint density at radius 3 is 2.60 bits per heavy atom. The van der Waals surface area contributed by atoms with E-state index in [0.29, 0.717) is 28.2 Å². The number of carbonyl (C=O) groups is 1. The molecule has 2 aromatic heterocycles. The second-order valence-electron chi connectivity index (χ2n) is 8.02. The molecule has 0 aliphatic carbocycles. The van der Waals surface area contributed by atoms with Crippen LogP contribution in [-0.4, -0.2) is 31.1 Å². The molecule has 2 heterocycles. The molecule has 0 fully saturated rings. The predicted octanol–water partition coefficient (Wildman–Crippen LogP) is 5.20. The first-order valence-corrected chi connectivity index (χ1v) is 14.2. The van der Waals surface area contributed by atoms with Gasteiger partial charge in [0.05, 0.1) is 17.3 Å². The monoisotopic (exact) mass is 524 g/mol. The minimum Gasteiger partial charge on any atom is -0.349 e. The summed E-state index contributed by atoms with van der Waals surface area (Å²) in [5.74, 6) is 0.317. The van der Waals surface area contributed by atoms with Gasteiger partial charge in [-0.2, -0.15) is 5.26 Å². The molecule has 1 amide bonds. The second kappa shape index (κ2) is 10.6. The number of H-pyrrole nitrogens is 1. The Labute approximate surface area is 212 Å². The van der Waals surface area contributed by atoms with Crippen LogP contribution >= 0.6 is 23.1 Å². The minimum atomic E-state index is -3.76. The summed E-state index contributed by atoms with van der Waals surface area (Å²) in [7, 11) is -3.76. The van der Waals surface area contributed by atoms with E-state index < -0.39 is 15.3 Å². The zero-order valence-corrected chi connectivity index (χ0v) is 21.6. The van der Waals surface area contributed by atoms with Gasteiger partial charge in [-0.3, -0.25) is 9.52 Å². The van der Waals surface area contributed by atoms with Gasteiger partial charge in [0, 0.05) is 17.7 Å². The van der Waals surface area contributed by atoms with E-state index in [0.717, 1.165) is 27.8 Å². The van der Waals surface area contributed by atoms with E-state index in [-0.39, 0.29) is 16.7 Å². The molecule has 10 heteroatoms. The van der Waals surface area contributed by atoms with E-state index in [1.165, 1.54) is 11.8 Å². The first-order chi connectivity index (χ1) is 16.8. The lowest BCUT2D eigenvalue weighted by molar-refractivity contribution is 0.0951. The van der Waals surface area contributed by atoms with Crippen molar-refractivity contribution in [3.63, 3.8) is 0 Å². The normalized spacial score (nSPS) is 12.3. The topological polar surface area (TPSA) is 115 Å². The number of fused-ring (bicyclic) bond motifs is 1. The zero-order chi connectivity index (χ0) is 25.0. The molecular formula is C25H24N4O3S3. The lowest BCUT2D eigenvalue weighted by Crippen LogP contribution is -2.30. The maximum absolute atomic E-state index is 12.9. The Morgan fingerprint density at radius 2 is 1.91 bits per heavy atom. The number of hydrogen-bond acceptors (Lipinski definition) is 6. The molecule has 0 saturated heterocycles. The van der Waals surface area contributed by atoms with Crippen molar-refractivity contribution in [1.82, 2.24) is 10.3 Å². The van der Waals surface area contributed by atoms with Gasteiger partial charge in [0.2, 0.25) is 0 Å². The number of rotatable bonds is 9. The van der Waals surface area contributed by atoms with Crippen molar-refractivity contribution in [2.75, 3.05) is 11.3 Å². The third kappa shape index (κ3) is 5.70. The molecule has 35 heavy (non-hydrogen) atoms. The van der Waals surface area contributed by atoms with Gasteiger partial charge in [-0.15, -0.1) is 23.1 Å². The van der Waals surface area contributed by atoms with Crippen molar-refractivity contribution in [3.05, 3.63) is 82.4 Å². The fraction of sp³-hybridized carbons (Fsp3) is 0.200. The molecule has 3 N–H and O–H groups in total. The van der Waals surface area contributed by atoms with Gasteiger partial charge in [0.25, 0.3) is 15.9 Å². The molecule has 4 rings (SSSR count). The molecule has 7 nitrogen and oxygen atoms in total. The van der Waals surface area contributed by atoms with Crippen LogP contribution in [-0.2, 0) is 15.8 Å². The van der Waals surface area contributed by atoms with E-state index in [1.807, 2.05) is 43.3 Å². The number of nitriles is 1. The van der Waals surface area contributed by atoms with Crippen LogP contribution in [0.4, 0.5) is 5.69 Å². The highest BCUT2D eigenvalue weighted by Gasteiger charge is 2.21. The van der Waals surface area contributed by atoms with Gasteiger partial charge in [0.15, 0.2) is 0 Å². The van der Waals surface area contributed by atoms with Gasteiger partial charge in [-0.05, 0) is 54.1 Å². The molecule has 0 aliphatic heterocycles. The van der Waals surface area contributed by atoms with Crippen molar-refractivity contribution in [2.24, 2.45) is 0 Å². The highest BCUT2D eigenvalue weighted by Crippen LogP contribution is 2.30. The van der Waals surface area contributed by atoms with E-state index in [4.69, 9.17) is 0 Å². The third-order valence-electron chi connectivity index (χ3n) is 5.45. The predicted molar refractivity (Wildman–Crippen MR) is 142 cm³/mol. The Hall–Kier alpha value is -3.26. The number of sulfonamides is 1. The van der Waals surface area contributed by atoms with Crippen LogP contribution in [0.15, 0.2) is 64.2 Å². The molecule has 180 valence electrons. The fourth-order valence-corrected chi connectivity index (χ4v) is 6.94. The molecule has 2 aromatic carbocycles. The van der Waals surface area contributed by atoms with Crippen LogP contribution in [0, 0.1) is 25.2 Å². The van der Waals surface area contributed by atoms with Gasteiger partial charge in [-0.1, -0.05) is 36.4 Å². The van der Waals surface area contributed by atoms with E-state index in [1.54, 1.807) is 30.5 Å². The van der Waals surface area contributed by atoms with Crippen molar-refractivity contribution < 1.29 is 13.2 Å². The van der Waals surface area contributed by atoms with Gasteiger partial charge < -0.3 is 10.3 Å². The van der Waals surface area contributed by atoms with E-state index in [2.05, 4.69) is 21.1 Å². The van der Waals surface area contributed by atoms with Gasteiger partial charge in [0.1, 0.15) is 15.2 Å². The molecule has 0 aliphatic rings. The Balaban J connectivity index is 1.49. The van der Waals surface area contributed by atoms with E-state index >= 15 is 0 Å². The average molecular weight is 525 g/mol. The number of thiophene rings is 1. The van der Waals surface area contributed by atoms with Crippen molar-refractivity contribution in [3.8, 4) is 6.07 Å². The number of aromatic nitrogens is 1. The molecule has 0 saturated carbocycles. The number of hydrogen-bond donors (Lipinski definition) is 3. The number of aryl methyl sites for hydroxylation is 2. The lowest BCUT2D eigenvalue weighted by atomic mass is 10.1. The maximum Gasteiger partial charge on any atom is 0.271 e. The summed E-state index contributed by atoms with van der Waals surface area (Å²) in [5.41, 5.74) is 3.89. The Kier molecular flexibility index (Phi) is 7.50. The van der Waals surface area contributed by atoms with Crippen LogP contribution in [0.5, 0.6) is 0 Å². The summed E-state index contributed by atoms with van der Waals surface area (Å²) < 4.78 is 28.7. The van der Waals surface area contributed by atoms with Crippen LogP contribution in [0.1, 0.15) is 27.2 Å². The standard InChI is InChI=1S/C25H24N4O3S3/c1-16-8-9-21(29-35(31,32)25-17(2)10-11-33-25)23-20(16)12-22(28-23)24(30)27-14-19(13-26)34-15-18-6-4-3-5-7-18/h3-12,19,28-29H,14-15H2,1-2H3,(H,27,30). The van der Waals surface area contributed by atoms with Gasteiger partial charge >= 0.3 is 0 Å². The summed E-state index contributed by atoms with van der Waals surface area (Å²) in [5, 5.41) is 14.4. The highest BCUT2D eigenvalue weighted by molar-refractivity contribution is 7.99. The molecular weight excluding hydrogens is 501 g/mol. The summed E-state index contributed by atoms with van der Waals surface area (Å²) in [4.78, 5) is 15.9. The molecule has 0 radical (unpaired) electrons. The second-order valence-corrected chi connectivity index (χ2v) is 12.0. The number of nitrogens with one attached hydrogen (secondary N) is 3. The summed E-state index contributed by atoms with van der Waals surface area (Å²) in [6.45, 7) is 3.84. The summed E-state index contributed by atoms with van der Waals surface area (Å²) in [6.07, 6.45) is 0. The average Bonchev–Trinajstić information content (AvgIpc) is 3.49. The fourth-order valence-electron chi connectivity index (χ4n) is 3.59. The van der Waals surface area contributed by atoms with Crippen LogP contribution in [0.2, 0.25) is 0 Å². The van der Waals surface area contributed by atoms with E-state index in [9.17, 15) is 18.5 Å². The number of anilines is 1. The Bertz CT molecular complexity index is 1500. The molecule has 0 spiro atoms. The van der Waals surface area contributed by atoms with Crippen molar-refractivity contribution in [1.29, 1.82) is 5.26 Å². The number of amides is 1. The van der Waals surface area contributed by atoms with Crippen LogP contribution in [0.3, 0.4) is 0 Å². The van der Waals surface area contributed by atoms with Gasteiger partial charge in [-0.25, -0.2) is 8.42 Å². The first kappa shape index (κ1) is 24.9. The SMILES string of the molecule is Cc1ccsc1S(=O)(=O)Nc1ccc(C)c2cc(C(=O)NCC(C#N)SCc3ccccc3)[nH]c12. The largest absolute Gasteiger partial charge is 0.349 e. The first-order valence-electron chi connectivity index (χ1n) is 10.8. The maximum atomic E-state index is 12.9. The molecule has 4 aromatic rings. The molecule has 0 bridgehead atoms. The number of benzene rings is 2. The van der Waals surface area contributed by atoms with Crippen molar-refractivity contribution >= 4 is 55.6 Å². The molecule has 1 atom stereocenters. The minimum absolute atomic E-state index is 0.193. The van der Waals surface area contributed by atoms with Crippen LogP contribution in [0.25, 0.3) is 10.9 Å². The third-order valence-corrected chi connectivity index (χ3v) is 9.67. The zero-order valence-electron chi connectivity index (χ0n) is 19.2. The van der Waals surface area contributed by atoms with Crippen molar-refractivity contribution in [2.45, 2.75) is 29.1 Å². The summed E-state index contributed by atoms with van der Waals surface area (Å²) in [6, 6.07) is 19.0. The lowest BCUT2D eigenvalue weighted by Gasteiger charge is -2.10. The summed E-state index contributed by atoms with van der Waals surface area (Å²) >= 11 is 2.62. The number of carbonyl (C=O) groups excluding carboxylic acids is 1. The van der Waals surface area contributed by atoms with Crippen LogP contribution < -0.4 is 10.0 Å². The number of aromatic amines is 1. The highest BCUT2D eigenvalue weighted by atomic mass is 32.2.